The van der Waals surface area contributed by atoms with E-state index >= 15 is 0 Å². The quantitative estimate of drug-likeness (QED) is 0.517. The molecule has 0 N–H and O–H groups in total. The second-order valence-electron chi connectivity index (χ2n) is 7.44. The van der Waals surface area contributed by atoms with Crippen LogP contribution in [0.3, 0.4) is 0 Å². The van der Waals surface area contributed by atoms with Gasteiger partial charge in [0.05, 0.1) is 36.5 Å². The lowest BCUT2D eigenvalue weighted by Crippen LogP contribution is -2.41. The molecular weight excluding hydrogens is 382 g/mol. The van der Waals surface area contributed by atoms with E-state index in [-0.39, 0.29) is 17.7 Å². The zero-order valence-electron chi connectivity index (χ0n) is 16.6. The fraction of sp³-hybridized carbons (Fsp3) is 0.273. The molecule has 1 aliphatic rings. The van der Waals surface area contributed by atoms with E-state index in [1.807, 2.05) is 48.2 Å². The van der Waals surface area contributed by atoms with Gasteiger partial charge in [-0.2, -0.15) is 0 Å². The van der Waals surface area contributed by atoms with Crippen molar-refractivity contribution in [2.75, 3.05) is 31.2 Å². The molecule has 1 aromatic carbocycles. The fourth-order valence-electron chi connectivity index (χ4n) is 3.82. The molecule has 1 aliphatic heterocycles. The van der Waals surface area contributed by atoms with Crippen molar-refractivity contribution in [2.45, 2.75) is 13.5 Å². The Balaban J connectivity index is 1.66. The van der Waals surface area contributed by atoms with Gasteiger partial charge in [-0.25, -0.2) is 9.97 Å². The third-order valence-corrected chi connectivity index (χ3v) is 5.33. The van der Waals surface area contributed by atoms with E-state index in [1.165, 1.54) is 10.5 Å². The summed E-state index contributed by atoms with van der Waals surface area (Å²) >= 11 is 0. The normalized spacial score (nSPS) is 14.5. The molecule has 0 bridgehead atoms. The molecular formula is C22H21N5O3. The molecule has 0 saturated carbocycles. The number of aryl methyl sites for hydroxylation is 1. The van der Waals surface area contributed by atoms with Crippen LogP contribution in [0, 0.1) is 6.92 Å². The van der Waals surface area contributed by atoms with E-state index < -0.39 is 0 Å². The first-order chi connectivity index (χ1) is 14.6. The highest BCUT2D eigenvalue weighted by molar-refractivity contribution is 5.76. The Kier molecular flexibility index (Phi) is 4.55. The number of rotatable bonds is 3. The Morgan fingerprint density at radius 3 is 2.67 bits per heavy atom. The minimum absolute atomic E-state index is 0.168. The molecule has 1 fully saturated rings. The molecule has 4 heterocycles. The van der Waals surface area contributed by atoms with E-state index in [4.69, 9.17) is 4.74 Å². The number of benzene rings is 1. The van der Waals surface area contributed by atoms with Crippen LogP contribution in [0.15, 0.2) is 58.3 Å². The maximum Gasteiger partial charge on any atom is 0.294 e. The van der Waals surface area contributed by atoms with Crippen molar-refractivity contribution in [3.05, 3.63) is 80.6 Å². The Morgan fingerprint density at radius 2 is 1.83 bits per heavy atom. The highest BCUT2D eigenvalue weighted by Crippen LogP contribution is 2.16. The van der Waals surface area contributed by atoms with Gasteiger partial charge < -0.3 is 9.64 Å². The molecule has 8 heteroatoms. The molecule has 5 rings (SSSR count). The van der Waals surface area contributed by atoms with Crippen molar-refractivity contribution in [3.8, 4) is 0 Å². The number of hydrogen-bond donors (Lipinski definition) is 0. The molecule has 152 valence electrons. The van der Waals surface area contributed by atoms with E-state index in [9.17, 15) is 9.59 Å². The van der Waals surface area contributed by atoms with Crippen LogP contribution in [-0.4, -0.2) is 45.2 Å². The van der Waals surface area contributed by atoms with E-state index in [1.54, 1.807) is 10.8 Å². The molecule has 1 saturated heterocycles. The lowest BCUT2D eigenvalue weighted by molar-refractivity contribution is 0.122. The van der Waals surface area contributed by atoms with E-state index in [2.05, 4.69) is 9.97 Å². The second-order valence-corrected chi connectivity index (χ2v) is 7.44. The number of aromatic nitrogens is 4. The summed E-state index contributed by atoms with van der Waals surface area (Å²) in [4.78, 5) is 37.2. The van der Waals surface area contributed by atoms with Gasteiger partial charge in [-0.1, -0.05) is 18.2 Å². The average molecular weight is 403 g/mol. The first kappa shape index (κ1) is 18.5. The Bertz CT molecular complexity index is 1370. The fourth-order valence-corrected chi connectivity index (χ4v) is 3.82. The van der Waals surface area contributed by atoms with Crippen molar-refractivity contribution in [2.24, 2.45) is 0 Å². The van der Waals surface area contributed by atoms with Crippen LogP contribution >= 0.6 is 0 Å². The predicted octanol–water partition coefficient (Wildman–Crippen LogP) is 1.60. The van der Waals surface area contributed by atoms with Gasteiger partial charge in [0.25, 0.3) is 11.1 Å². The van der Waals surface area contributed by atoms with Gasteiger partial charge in [-0.05, 0) is 30.7 Å². The molecule has 0 unspecified atom stereocenters. The smallest absolute Gasteiger partial charge is 0.294 e. The molecule has 0 aliphatic carbocycles. The number of anilines is 1. The molecule has 0 atom stereocenters. The summed E-state index contributed by atoms with van der Waals surface area (Å²) < 4.78 is 8.58. The van der Waals surface area contributed by atoms with Crippen molar-refractivity contribution in [1.29, 1.82) is 0 Å². The third kappa shape index (κ3) is 3.25. The van der Waals surface area contributed by atoms with Gasteiger partial charge in [0, 0.05) is 25.4 Å². The van der Waals surface area contributed by atoms with Crippen molar-refractivity contribution in [3.63, 3.8) is 0 Å². The molecule has 30 heavy (non-hydrogen) atoms. The van der Waals surface area contributed by atoms with Gasteiger partial charge in [0.1, 0.15) is 5.65 Å². The van der Waals surface area contributed by atoms with Crippen molar-refractivity contribution >= 4 is 22.5 Å². The van der Waals surface area contributed by atoms with Crippen LogP contribution in [0.25, 0.3) is 16.7 Å². The van der Waals surface area contributed by atoms with Gasteiger partial charge in [-0.15, -0.1) is 0 Å². The lowest BCUT2D eigenvalue weighted by Gasteiger charge is -2.28. The SMILES string of the molecule is Cc1ccc2nc(Cn3c(=O)c(N4CCOCC4)nc4ccccc43)cc(=O)n2c1. The minimum atomic E-state index is -0.193. The molecule has 3 aromatic heterocycles. The van der Waals surface area contributed by atoms with Gasteiger partial charge in [0.2, 0.25) is 0 Å². The zero-order valence-corrected chi connectivity index (χ0v) is 16.6. The average Bonchev–Trinajstić information content (AvgIpc) is 2.77. The third-order valence-electron chi connectivity index (χ3n) is 5.33. The zero-order chi connectivity index (χ0) is 20.7. The van der Waals surface area contributed by atoms with Crippen LogP contribution in [0.2, 0.25) is 0 Å². The molecule has 8 nitrogen and oxygen atoms in total. The standard InChI is InChI=1S/C22H21N5O3/c1-15-6-7-19-23-16(12-20(28)27(19)13-15)14-26-18-5-3-2-4-17(18)24-21(22(26)29)25-8-10-30-11-9-25/h2-7,12-13H,8-11,14H2,1H3. The number of para-hydroxylation sites is 2. The predicted molar refractivity (Wildman–Crippen MR) is 114 cm³/mol. The lowest BCUT2D eigenvalue weighted by atomic mass is 10.2. The van der Waals surface area contributed by atoms with Gasteiger partial charge in [-0.3, -0.25) is 18.6 Å². The topological polar surface area (TPSA) is 81.7 Å². The first-order valence-corrected chi connectivity index (χ1v) is 9.91. The van der Waals surface area contributed by atoms with E-state index in [0.29, 0.717) is 49.0 Å². The first-order valence-electron chi connectivity index (χ1n) is 9.91. The van der Waals surface area contributed by atoms with Crippen LogP contribution in [0.1, 0.15) is 11.3 Å². The summed E-state index contributed by atoms with van der Waals surface area (Å²) in [7, 11) is 0. The molecule has 0 spiro atoms. The number of morpholine rings is 1. The summed E-state index contributed by atoms with van der Waals surface area (Å²) in [5.74, 6) is 0.408. The maximum absolute atomic E-state index is 13.4. The number of hydrogen-bond acceptors (Lipinski definition) is 6. The Hall–Kier alpha value is -3.52. The highest BCUT2D eigenvalue weighted by Gasteiger charge is 2.19. The summed E-state index contributed by atoms with van der Waals surface area (Å²) in [5, 5.41) is 0. The minimum Gasteiger partial charge on any atom is -0.378 e. The number of fused-ring (bicyclic) bond motifs is 2. The summed E-state index contributed by atoms with van der Waals surface area (Å²) in [6, 6.07) is 12.7. The molecule has 0 amide bonds. The monoisotopic (exact) mass is 403 g/mol. The highest BCUT2D eigenvalue weighted by atomic mass is 16.5. The van der Waals surface area contributed by atoms with Crippen molar-refractivity contribution in [1.82, 2.24) is 18.9 Å². The Morgan fingerprint density at radius 1 is 1.03 bits per heavy atom. The largest absolute Gasteiger partial charge is 0.378 e. The van der Waals surface area contributed by atoms with Gasteiger partial charge in [0.15, 0.2) is 5.82 Å². The van der Waals surface area contributed by atoms with Gasteiger partial charge >= 0.3 is 0 Å². The summed E-state index contributed by atoms with van der Waals surface area (Å²) in [6.45, 7) is 4.49. The molecule has 0 radical (unpaired) electrons. The number of pyridine rings is 1. The Labute approximate surface area is 172 Å². The number of ether oxygens (including phenoxy) is 1. The maximum atomic E-state index is 13.4. The van der Waals surface area contributed by atoms with Crippen LogP contribution in [-0.2, 0) is 11.3 Å². The molecule has 4 aromatic rings. The van der Waals surface area contributed by atoms with Crippen LogP contribution in [0.5, 0.6) is 0 Å². The number of nitrogens with zero attached hydrogens (tertiary/aromatic N) is 5. The summed E-state index contributed by atoms with van der Waals surface area (Å²) in [5.41, 5.74) is 3.15. The van der Waals surface area contributed by atoms with Crippen LogP contribution < -0.4 is 16.0 Å². The van der Waals surface area contributed by atoms with Crippen LogP contribution in [0.4, 0.5) is 5.82 Å². The van der Waals surface area contributed by atoms with E-state index in [0.717, 1.165) is 11.1 Å². The summed E-state index contributed by atoms with van der Waals surface area (Å²) in [6.07, 6.45) is 1.76. The second kappa shape index (κ2) is 7.38. The van der Waals surface area contributed by atoms with Crippen molar-refractivity contribution < 1.29 is 4.74 Å².